The molecule has 2 aromatic carbocycles. The minimum atomic E-state index is -0.312. The third kappa shape index (κ3) is 4.33. The van der Waals surface area contributed by atoms with Crippen molar-refractivity contribution in [3.05, 3.63) is 85.9 Å². The predicted octanol–water partition coefficient (Wildman–Crippen LogP) is 3.85. The van der Waals surface area contributed by atoms with Crippen molar-refractivity contribution in [3.63, 3.8) is 0 Å². The molecule has 1 unspecified atom stereocenters. The molecule has 34 heavy (non-hydrogen) atoms. The summed E-state index contributed by atoms with van der Waals surface area (Å²) in [7, 11) is 0. The molecule has 2 aromatic heterocycles. The number of carbonyl (C=O) groups excluding carboxylic acids is 1. The summed E-state index contributed by atoms with van der Waals surface area (Å²) in [5.41, 5.74) is 4.37. The highest BCUT2D eigenvalue weighted by molar-refractivity contribution is 6.30. The highest BCUT2D eigenvalue weighted by Gasteiger charge is 2.28. The Kier molecular flexibility index (Phi) is 5.91. The van der Waals surface area contributed by atoms with Crippen molar-refractivity contribution in [1.82, 2.24) is 29.9 Å². The van der Waals surface area contributed by atoms with E-state index in [1.165, 1.54) is 0 Å². The van der Waals surface area contributed by atoms with Crippen molar-refractivity contribution in [2.45, 2.75) is 39.2 Å². The number of nitrogens with one attached hydrogen (secondary N) is 1. The van der Waals surface area contributed by atoms with Gasteiger partial charge in [-0.1, -0.05) is 40.6 Å². The number of rotatable bonds is 4. The summed E-state index contributed by atoms with van der Waals surface area (Å²) in [4.78, 5) is 35.3. The molecule has 3 heterocycles. The van der Waals surface area contributed by atoms with Crippen LogP contribution >= 0.6 is 11.6 Å². The van der Waals surface area contributed by atoms with E-state index in [0.717, 1.165) is 29.5 Å². The zero-order valence-electron chi connectivity index (χ0n) is 19.1. The number of carbonyl (C=O) groups is 1. The zero-order chi connectivity index (χ0) is 23.8. The first-order chi connectivity index (χ1) is 16.4. The number of fused-ring (bicyclic) bond motifs is 1. The topological polar surface area (TPSA) is 96.8 Å². The van der Waals surface area contributed by atoms with Crippen LogP contribution in [0.5, 0.6) is 0 Å². The van der Waals surface area contributed by atoms with Crippen molar-refractivity contribution in [2.75, 3.05) is 13.1 Å². The minimum absolute atomic E-state index is 0.0496. The van der Waals surface area contributed by atoms with E-state index in [1.54, 1.807) is 28.9 Å². The van der Waals surface area contributed by atoms with Gasteiger partial charge in [0.15, 0.2) is 11.2 Å². The quantitative estimate of drug-likeness (QED) is 0.482. The van der Waals surface area contributed by atoms with Gasteiger partial charge in [-0.3, -0.25) is 9.59 Å². The number of amides is 1. The van der Waals surface area contributed by atoms with Gasteiger partial charge in [0.2, 0.25) is 0 Å². The molecule has 9 heteroatoms. The lowest BCUT2D eigenvalue weighted by molar-refractivity contribution is 0.0704. The smallest absolute Gasteiger partial charge is 0.281 e. The lowest BCUT2D eigenvalue weighted by Gasteiger charge is -2.32. The molecule has 0 radical (unpaired) electrons. The van der Waals surface area contributed by atoms with Crippen molar-refractivity contribution in [1.29, 1.82) is 0 Å². The SMILES string of the molecule is Cc1ccc(C)c(Cn2nnc3c(=O)[nH]c(C4CCCN(C(=O)c5ccc(Cl)cc5)C4)nc32)c1. The number of piperidine rings is 1. The minimum Gasteiger partial charge on any atom is -0.338 e. The number of aromatic nitrogens is 5. The first kappa shape index (κ1) is 22.3. The Bertz CT molecular complexity index is 1430. The van der Waals surface area contributed by atoms with Gasteiger partial charge in [-0.05, 0) is 62.1 Å². The fourth-order valence-corrected chi connectivity index (χ4v) is 4.60. The molecule has 0 bridgehead atoms. The maximum absolute atomic E-state index is 13.0. The monoisotopic (exact) mass is 476 g/mol. The summed E-state index contributed by atoms with van der Waals surface area (Å²) in [6.45, 7) is 5.72. The second-order valence-electron chi connectivity index (χ2n) is 8.90. The van der Waals surface area contributed by atoms with Crippen LogP contribution in [0.15, 0.2) is 47.3 Å². The second kappa shape index (κ2) is 9.02. The summed E-state index contributed by atoms with van der Waals surface area (Å²) in [5.74, 6) is 0.438. The zero-order valence-corrected chi connectivity index (χ0v) is 19.8. The number of nitrogens with zero attached hydrogens (tertiary/aromatic N) is 5. The number of halogens is 1. The lowest BCUT2D eigenvalue weighted by atomic mass is 9.96. The van der Waals surface area contributed by atoms with E-state index in [2.05, 4.69) is 33.5 Å². The van der Waals surface area contributed by atoms with E-state index in [4.69, 9.17) is 16.6 Å². The van der Waals surface area contributed by atoms with E-state index in [9.17, 15) is 9.59 Å². The number of hydrogen-bond donors (Lipinski definition) is 1. The van der Waals surface area contributed by atoms with Crippen LogP contribution in [0.1, 0.15) is 51.6 Å². The van der Waals surface area contributed by atoms with Crippen LogP contribution in [0.3, 0.4) is 0 Å². The number of likely N-dealkylation sites (tertiary alicyclic amines) is 1. The number of aromatic amines is 1. The molecule has 1 aliphatic heterocycles. The van der Waals surface area contributed by atoms with Gasteiger partial charge in [0.1, 0.15) is 5.82 Å². The molecule has 174 valence electrons. The number of aryl methyl sites for hydroxylation is 2. The first-order valence-electron chi connectivity index (χ1n) is 11.3. The van der Waals surface area contributed by atoms with Gasteiger partial charge in [-0.25, -0.2) is 9.67 Å². The van der Waals surface area contributed by atoms with Crippen LogP contribution in [0, 0.1) is 13.8 Å². The van der Waals surface area contributed by atoms with Crippen LogP contribution in [0.2, 0.25) is 5.02 Å². The largest absolute Gasteiger partial charge is 0.338 e. The molecule has 0 aliphatic carbocycles. The van der Waals surface area contributed by atoms with Crippen molar-refractivity contribution in [3.8, 4) is 0 Å². The Hall–Kier alpha value is -3.52. The summed E-state index contributed by atoms with van der Waals surface area (Å²) < 4.78 is 1.68. The lowest BCUT2D eigenvalue weighted by Crippen LogP contribution is -2.40. The number of benzene rings is 2. The molecule has 1 amide bonds. The van der Waals surface area contributed by atoms with Gasteiger partial charge in [0.05, 0.1) is 6.54 Å². The van der Waals surface area contributed by atoms with Gasteiger partial charge in [0, 0.05) is 29.6 Å². The fraction of sp³-hybridized carbons (Fsp3) is 0.320. The first-order valence-corrected chi connectivity index (χ1v) is 11.7. The van der Waals surface area contributed by atoms with Crippen LogP contribution in [-0.4, -0.2) is 48.9 Å². The van der Waals surface area contributed by atoms with Crippen LogP contribution < -0.4 is 5.56 Å². The van der Waals surface area contributed by atoms with Gasteiger partial charge in [-0.2, -0.15) is 0 Å². The van der Waals surface area contributed by atoms with Crippen molar-refractivity contribution >= 4 is 28.7 Å². The molecule has 5 rings (SSSR count). The maximum Gasteiger partial charge on any atom is 0.281 e. The van der Waals surface area contributed by atoms with Gasteiger partial charge >= 0.3 is 0 Å². The highest BCUT2D eigenvalue weighted by Crippen LogP contribution is 2.26. The number of hydrogen-bond acceptors (Lipinski definition) is 5. The fourth-order valence-electron chi connectivity index (χ4n) is 4.47. The van der Waals surface area contributed by atoms with Gasteiger partial charge < -0.3 is 9.88 Å². The normalized spacial score (nSPS) is 16.2. The van der Waals surface area contributed by atoms with E-state index in [-0.39, 0.29) is 22.9 Å². The summed E-state index contributed by atoms with van der Waals surface area (Å²) in [6, 6.07) is 13.2. The molecule has 0 spiro atoms. The molecule has 1 saturated heterocycles. The third-order valence-corrected chi connectivity index (χ3v) is 6.66. The summed E-state index contributed by atoms with van der Waals surface area (Å²) in [5, 5.41) is 8.87. The van der Waals surface area contributed by atoms with E-state index in [1.807, 2.05) is 18.7 Å². The van der Waals surface area contributed by atoms with Crippen molar-refractivity contribution < 1.29 is 4.79 Å². The molecule has 8 nitrogen and oxygen atoms in total. The Morgan fingerprint density at radius 3 is 2.76 bits per heavy atom. The Morgan fingerprint density at radius 2 is 1.97 bits per heavy atom. The standard InChI is InChI=1S/C25H25ClN6O2/c1-15-5-6-16(2)19(12-15)14-32-23-21(29-30-32)24(33)28-22(27-23)18-4-3-11-31(13-18)25(34)17-7-9-20(26)10-8-17/h5-10,12,18H,3-4,11,13-14H2,1-2H3,(H,27,28,33). The van der Waals surface area contributed by atoms with Gasteiger partial charge in [0.25, 0.3) is 11.5 Å². The van der Waals surface area contributed by atoms with E-state index >= 15 is 0 Å². The Labute approximate surface area is 201 Å². The molecule has 0 saturated carbocycles. The molecule has 4 aromatic rings. The van der Waals surface area contributed by atoms with Crippen LogP contribution in [-0.2, 0) is 6.54 Å². The predicted molar refractivity (Wildman–Crippen MR) is 130 cm³/mol. The third-order valence-electron chi connectivity index (χ3n) is 6.40. The van der Waals surface area contributed by atoms with Gasteiger partial charge in [-0.15, -0.1) is 5.10 Å². The van der Waals surface area contributed by atoms with Crippen LogP contribution in [0.4, 0.5) is 0 Å². The average Bonchev–Trinajstić information content (AvgIpc) is 3.25. The summed E-state index contributed by atoms with van der Waals surface area (Å²) >= 11 is 5.96. The molecule has 1 N–H and O–H groups in total. The van der Waals surface area contributed by atoms with E-state index in [0.29, 0.717) is 41.7 Å². The molecule has 1 fully saturated rings. The Balaban J connectivity index is 1.43. The maximum atomic E-state index is 13.0. The highest BCUT2D eigenvalue weighted by atomic mass is 35.5. The average molecular weight is 477 g/mol. The molecular weight excluding hydrogens is 452 g/mol. The molecule has 1 atom stereocenters. The van der Waals surface area contributed by atoms with Crippen LogP contribution in [0.25, 0.3) is 11.2 Å². The molecular formula is C25H25ClN6O2. The Morgan fingerprint density at radius 1 is 1.18 bits per heavy atom. The molecule has 1 aliphatic rings. The number of H-pyrrole nitrogens is 1. The van der Waals surface area contributed by atoms with Crippen molar-refractivity contribution in [2.24, 2.45) is 0 Å². The summed E-state index contributed by atoms with van der Waals surface area (Å²) in [6.07, 6.45) is 1.66. The van der Waals surface area contributed by atoms with E-state index < -0.39 is 0 Å². The second-order valence-corrected chi connectivity index (χ2v) is 9.33.